The Kier molecular flexibility index (Phi) is 5.37. The number of para-hydroxylation sites is 1. The predicted octanol–water partition coefficient (Wildman–Crippen LogP) is 3.97. The highest BCUT2D eigenvalue weighted by Gasteiger charge is 2.45. The summed E-state index contributed by atoms with van der Waals surface area (Å²) in [6.45, 7) is 2.23. The van der Waals surface area contributed by atoms with E-state index in [1.54, 1.807) is 7.11 Å². The van der Waals surface area contributed by atoms with Gasteiger partial charge in [-0.1, -0.05) is 43.2 Å². The third-order valence-electron chi connectivity index (χ3n) is 7.10. The number of rotatable bonds is 4. The molecule has 1 saturated carbocycles. The number of fused-ring (bicyclic) bond motifs is 1. The van der Waals surface area contributed by atoms with E-state index in [9.17, 15) is 9.59 Å². The van der Waals surface area contributed by atoms with Gasteiger partial charge in [-0.05, 0) is 42.7 Å². The van der Waals surface area contributed by atoms with E-state index in [4.69, 9.17) is 4.74 Å². The fraction of sp³-hybridized carbons (Fsp3) is 0.385. The first kappa shape index (κ1) is 20.6. The van der Waals surface area contributed by atoms with E-state index in [1.807, 2.05) is 58.3 Å². The lowest BCUT2D eigenvalue weighted by molar-refractivity contribution is -0.138. The molecular weight excluding hydrogens is 402 g/mol. The molecule has 2 heterocycles. The summed E-state index contributed by atoms with van der Waals surface area (Å²) in [6, 6.07) is 17.8. The molecule has 1 N–H and O–H groups in total. The van der Waals surface area contributed by atoms with Crippen molar-refractivity contribution in [3.63, 3.8) is 0 Å². The summed E-state index contributed by atoms with van der Waals surface area (Å²) in [6.07, 6.45) is 3.85. The maximum atomic E-state index is 13.8. The van der Waals surface area contributed by atoms with Crippen LogP contribution >= 0.6 is 0 Å². The summed E-state index contributed by atoms with van der Waals surface area (Å²) in [5.41, 5.74) is 2.15. The number of methoxy groups -OCH3 is 1. The summed E-state index contributed by atoms with van der Waals surface area (Å²) in [5, 5.41) is 1.03. The summed E-state index contributed by atoms with van der Waals surface area (Å²) < 4.78 is 5.42. The molecule has 3 aromatic rings. The van der Waals surface area contributed by atoms with Crippen LogP contribution in [0.3, 0.4) is 0 Å². The van der Waals surface area contributed by atoms with Crippen molar-refractivity contribution in [1.29, 1.82) is 0 Å². The first-order chi connectivity index (χ1) is 15.6. The van der Waals surface area contributed by atoms with Gasteiger partial charge in [0.05, 0.1) is 12.5 Å². The molecule has 2 fully saturated rings. The fourth-order valence-corrected chi connectivity index (χ4v) is 5.30. The largest absolute Gasteiger partial charge is 0.497 e. The molecule has 0 atom stereocenters. The average Bonchev–Trinajstić information content (AvgIpc) is 3.51. The van der Waals surface area contributed by atoms with Crippen LogP contribution in [0.25, 0.3) is 10.9 Å². The predicted molar refractivity (Wildman–Crippen MR) is 124 cm³/mol. The smallest absolute Gasteiger partial charge is 0.270 e. The lowest BCUT2D eigenvalue weighted by Gasteiger charge is -2.40. The van der Waals surface area contributed by atoms with Gasteiger partial charge in [-0.25, -0.2) is 0 Å². The average molecular weight is 432 g/mol. The second-order valence-corrected chi connectivity index (χ2v) is 8.88. The molecule has 1 saturated heterocycles. The molecule has 2 aromatic carbocycles. The number of H-pyrrole nitrogens is 1. The standard InChI is InChI=1S/C26H29N3O3/c1-32-21-9-6-8-20(18-21)26(11-4-5-12-26)25(31)29-15-13-28(14-16-29)24(30)23-17-19-7-2-3-10-22(19)27-23/h2-3,6-10,17-18,27H,4-5,11-16H2,1H3. The number of carbonyl (C=O) groups excluding carboxylic acids is 2. The van der Waals surface area contributed by atoms with Gasteiger partial charge in [0, 0.05) is 37.1 Å². The fourth-order valence-electron chi connectivity index (χ4n) is 5.30. The van der Waals surface area contributed by atoms with E-state index in [-0.39, 0.29) is 11.8 Å². The van der Waals surface area contributed by atoms with Crippen molar-refractivity contribution in [3.8, 4) is 5.75 Å². The molecule has 0 unspecified atom stereocenters. The minimum absolute atomic E-state index is 0.00308. The Hall–Kier alpha value is -3.28. The zero-order valence-electron chi connectivity index (χ0n) is 18.5. The second-order valence-electron chi connectivity index (χ2n) is 8.88. The quantitative estimate of drug-likeness (QED) is 0.680. The van der Waals surface area contributed by atoms with Crippen molar-refractivity contribution in [1.82, 2.24) is 14.8 Å². The molecule has 1 aliphatic carbocycles. The van der Waals surface area contributed by atoms with Gasteiger partial charge in [0.2, 0.25) is 5.91 Å². The number of amides is 2. The minimum atomic E-state index is -0.474. The highest BCUT2D eigenvalue weighted by atomic mass is 16.5. The Labute approximate surface area is 188 Å². The van der Waals surface area contributed by atoms with Crippen molar-refractivity contribution < 1.29 is 14.3 Å². The molecule has 0 radical (unpaired) electrons. The molecule has 1 aromatic heterocycles. The van der Waals surface area contributed by atoms with Crippen LogP contribution in [0, 0.1) is 0 Å². The molecule has 0 spiro atoms. The van der Waals surface area contributed by atoms with Gasteiger partial charge in [0.1, 0.15) is 11.4 Å². The summed E-state index contributed by atoms with van der Waals surface area (Å²) in [7, 11) is 1.66. The van der Waals surface area contributed by atoms with E-state index < -0.39 is 5.41 Å². The van der Waals surface area contributed by atoms with Crippen LogP contribution in [-0.2, 0) is 10.2 Å². The van der Waals surface area contributed by atoms with Crippen molar-refractivity contribution >= 4 is 22.7 Å². The van der Waals surface area contributed by atoms with Crippen LogP contribution in [0.15, 0.2) is 54.6 Å². The molecule has 2 aliphatic rings. The monoisotopic (exact) mass is 431 g/mol. The molecule has 6 heteroatoms. The Morgan fingerprint density at radius 3 is 2.34 bits per heavy atom. The number of aromatic amines is 1. The normalized spacial score (nSPS) is 18.2. The number of carbonyl (C=O) groups is 2. The van der Waals surface area contributed by atoms with Crippen LogP contribution in [0.4, 0.5) is 0 Å². The van der Waals surface area contributed by atoms with Gasteiger partial charge in [-0.2, -0.15) is 0 Å². The van der Waals surface area contributed by atoms with Crippen LogP contribution in [0.1, 0.15) is 41.7 Å². The van der Waals surface area contributed by atoms with Gasteiger partial charge in [-0.3, -0.25) is 9.59 Å². The van der Waals surface area contributed by atoms with Crippen LogP contribution < -0.4 is 4.74 Å². The van der Waals surface area contributed by atoms with Gasteiger partial charge >= 0.3 is 0 Å². The zero-order chi connectivity index (χ0) is 22.1. The van der Waals surface area contributed by atoms with E-state index in [0.717, 1.165) is 47.9 Å². The molecule has 166 valence electrons. The second kappa shape index (κ2) is 8.34. The van der Waals surface area contributed by atoms with E-state index in [2.05, 4.69) is 11.1 Å². The summed E-state index contributed by atoms with van der Waals surface area (Å²) >= 11 is 0. The Bertz CT molecular complexity index is 1100. The molecular formula is C26H29N3O3. The maximum Gasteiger partial charge on any atom is 0.270 e. The third kappa shape index (κ3) is 3.53. The van der Waals surface area contributed by atoms with E-state index in [1.165, 1.54) is 0 Å². The van der Waals surface area contributed by atoms with E-state index in [0.29, 0.717) is 31.9 Å². The van der Waals surface area contributed by atoms with Crippen LogP contribution in [0.2, 0.25) is 0 Å². The number of nitrogens with zero attached hydrogens (tertiary/aromatic N) is 2. The number of aromatic nitrogens is 1. The number of ether oxygens (including phenoxy) is 1. The minimum Gasteiger partial charge on any atom is -0.497 e. The van der Waals surface area contributed by atoms with Gasteiger partial charge in [-0.15, -0.1) is 0 Å². The lowest BCUT2D eigenvalue weighted by atomic mass is 9.77. The molecule has 2 amide bonds. The SMILES string of the molecule is COc1cccc(C2(C(=O)N3CCN(C(=O)c4cc5ccccc5[nH]4)CC3)CCCC2)c1. The molecule has 6 nitrogen and oxygen atoms in total. The lowest BCUT2D eigenvalue weighted by Crippen LogP contribution is -2.55. The number of piperazine rings is 1. The Balaban J connectivity index is 1.30. The van der Waals surface area contributed by atoms with Crippen LogP contribution in [-0.4, -0.2) is 59.9 Å². The van der Waals surface area contributed by atoms with Gasteiger partial charge < -0.3 is 19.5 Å². The van der Waals surface area contributed by atoms with Crippen LogP contribution in [0.5, 0.6) is 5.75 Å². The summed E-state index contributed by atoms with van der Waals surface area (Å²) in [4.78, 5) is 33.8. The third-order valence-corrected chi connectivity index (χ3v) is 7.10. The highest BCUT2D eigenvalue weighted by molar-refractivity contribution is 5.98. The first-order valence-corrected chi connectivity index (χ1v) is 11.4. The van der Waals surface area contributed by atoms with Gasteiger partial charge in [0.15, 0.2) is 0 Å². The Morgan fingerprint density at radius 2 is 1.62 bits per heavy atom. The van der Waals surface area contributed by atoms with Crippen molar-refractivity contribution in [3.05, 3.63) is 65.9 Å². The number of nitrogens with one attached hydrogen (secondary N) is 1. The first-order valence-electron chi connectivity index (χ1n) is 11.4. The number of benzene rings is 2. The van der Waals surface area contributed by atoms with Crippen molar-refractivity contribution in [2.45, 2.75) is 31.1 Å². The Morgan fingerprint density at radius 1 is 0.906 bits per heavy atom. The number of hydrogen-bond acceptors (Lipinski definition) is 3. The maximum absolute atomic E-state index is 13.8. The summed E-state index contributed by atoms with van der Waals surface area (Å²) in [5.74, 6) is 0.980. The van der Waals surface area contributed by atoms with Crippen molar-refractivity contribution in [2.24, 2.45) is 0 Å². The van der Waals surface area contributed by atoms with Gasteiger partial charge in [0.25, 0.3) is 5.91 Å². The topological polar surface area (TPSA) is 65.6 Å². The zero-order valence-corrected chi connectivity index (χ0v) is 18.5. The molecule has 1 aliphatic heterocycles. The molecule has 32 heavy (non-hydrogen) atoms. The molecule has 0 bridgehead atoms. The highest BCUT2D eigenvalue weighted by Crippen LogP contribution is 2.43. The van der Waals surface area contributed by atoms with Crippen molar-refractivity contribution in [2.75, 3.05) is 33.3 Å². The van der Waals surface area contributed by atoms with E-state index >= 15 is 0 Å². The number of hydrogen-bond donors (Lipinski definition) is 1. The molecule has 5 rings (SSSR count).